The number of sulfone groups is 1. The van der Waals surface area contributed by atoms with E-state index in [-0.39, 0.29) is 12.2 Å². The summed E-state index contributed by atoms with van der Waals surface area (Å²) in [5, 5.41) is 0. The van der Waals surface area contributed by atoms with E-state index in [1.165, 1.54) is 13.8 Å². The lowest BCUT2D eigenvalue weighted by Gasteiger charge is -2.21. The molecule has 0 atom stereocenters. The van der Waals surface area contributed by atoms with E-state index in [1.807, 2.05) is 6.92 Å². The third-order valence-corrected chi connectivity index (χ3v) is 4.59. The van der Waals surface area contributed by atoms with Gasteiger partial charge in [0.1, 0.15) is 4.75 Å². The van der Waals surface area contributed by atoms with Crippen LogP contribution in [0.3, 0.4) is 0 Å². The number of carbonyl (C=O) groups is 1. The highest BCUT2D eigenvalue weighted by Crippen LogP contribution is 2.20. The topological polar surface area (TPSA) is 51.2 Å². The van der Waals surface area contributed by atoms with Crippen LogP contribution in [-0.2, 0) is 14.6 Å². The molecule has 0 aliphatic heterocycles. The van der Waals surface area contributed by atoms with Crippen molar-refractivity contribution in [3.8, 4) is 0 Å². The minimum Gasteiger partial charge on any atom is -0.298 e. The van der Waals surface area contributed by atoms with E-state index in [4.69, 9.17) is 0 Å². The number of ketones is 1. The molecule has 0 heterocycles. The first-order valence-corrected chi connectivity index (χ1v) is 6.41. The molecule has 0 aromatic carbocycles. The zero-order valence-corrected chi connectivity index (χ0v) is 10.1. The van der Waals surface area contributed by atoms with Crippen LogP contribution in [0.4, 0.5) is 0 Å². The molecule has 0 N–H and O–H groups in total. The molecule has 0 aliphatic rings. The second kappa shape index (κ2) is 4.26. The number of rotatable bonds is 5. The Balaban J connectivity index is 4.79. The van der Waals surface area contributed by atoms with Gasteiger partial charge in [-0.25, -0.2) is 8.42 Å². The first kappa shape index (κ1) is 13.4. The maximum Gasteiger partial charge on any atom is 0.159 e. The van der Waals surface area contributed by atoms with Crippen LogP contribution in [0, 0.1) is 0 Å². The molecule has 4 heteroatoms. The lowest BCUT2D eigenvalue weighted by molar-refractivity contribution is -0.120. The van der Waals surface area contributed by atoms with E-state index < -0.39 is 14.6 Å². The maximum absolute atomic E-state index is 11.6. The fraction of sp³-hybridized carbons (Fsp3) is 0.700. The predicted octanol–water partition coefficient (Wildman–Crippen LogP) is 1.74. The van der Waals surface area contributed by atoms with Gasteiger partial charge in [-0.15, -0.1) is 0 Å². The van der Waals surface area contributed by atoms with Crippen molar-refractivity contribution in [2.45, 2.75) is 38.4 Å². The number of hydrogen-bond acceptors (Lipinski definition) is 3. The summed E-state index contributed by atoms with van der Waals surface area (Å²) >= 11 is 0. The van der Waals surface area contributed by atoms with Crippen molar-refractivity contribution in [3.05, 3.63) is 12.2 Å². The van der Waals surface area contributed by atoms with E-state index in [2.05, 4.69) is 6.58 Å². The van der Waals surface area contributed by atoms with Crippen LogP contribution in [0.1, 0.15) is 33.6 Å². The third-order valence-electron chi connectivity index (χ3n) is 2.51. The fourth-order valence-electron chi connectivity index (χ4n) is 0.772. The molecule has 0 bridgehead atoms. The Bertz CT molecular complexity index is 336. The van der Waals surface area contributed by atoms with Gasteiger partial charge in [0.2, 0.25) is 0 Å². The zero-order chi connectivity index (χ0) is 11.6. The van der Waals surface area contributed by atoms with Crippen molar-refractivity contribution in [1.29, 1.82) is 0 Å². The smallest absolute Gasteiger partial charge is 0.159 e. The number of carbonyl (C=O) groups excluding carboxylic acids is 1. The van der Waals surface area contributed by atoms with Crippen molar-refractivity contribution < 1.29 is 13.2 Å². The van der Waals surface area contributed by atoms with Gasteiger partial charge in [0, 0.05) is 12.7 Å². The Morgan fingerprint density at radius 1 is 1.36 bits per heavy atom. The minimum atomic E-state index is -3.35. The van der Waals surface area contributed by atoms with Gasteiger partial charge in [-0.3, -0.25) is 4.79 Å². The molecule has 0 saturated carbocycles. The molecule has 0 amide bonds. The first-order valence-electron chi connectivity index (χ1n) is 4.52. The highest BCUT2D eigenvalue weighted by atomic mass is 32.2. The molecule has 0 rings (SSSR count). The monoisotopic (exact) mass is 218 g/mol. The number of allylic oxidation sites excluding steroid dienone is 1. The second-order valence-corrected chi connectivity index (χ2v) is 6.55. The quantitative estimate of drug-likeness (QED) is 0.660. The summed E-state index contributed by atoms with van der Waals surface area (Å²) in [5.74, 6) is -0.285. The molecule has 14 heavy (non-hydrogen) atoms. The van der Waals surface area contributed by atoms with Crippen LogP contribution in [-0.4, -0.2) is 25.2 Å². The maximum atomic E-state index is 11.6. The van der Waals surface area contributed by atoms with Crippen LogP contribution < -0.4 is 0 Å². The van der Waals surface area contributed by atoms with Gasteiger partial charge in [-0.1, -0.05) is 19.1 Å². The van der Waals surface area contributed by atoms with Gasteiger partial charge in [-0.05, 0) is 20.3 Å². The Kier molecular flexibility index (Phi) is 4.06. The normalized spacial score (nSPS) is 12.6. The molecule has 0 aromatic rings. The van der Waals surface area contributed by atoms with Gasteiger partial charge in [0.15, 0.2) is 15.6 Å². The lowest BCUT2D eigenvalue weighted by Crippen LogP contribution is -2.39. The molecular formula is C10H18O3S. The molecular weight excluding hydrogens is 200 g/mol. The van der Waals surface area contributed by atoms with E-state index in [9.17, 15) is 13.2 Å². The molecule has 0 radical (unpaired) electrons. The van der Waals surface area contributed by atoms with Gasteiger partial charge in [-0.2, -0.15) is 0 Å². The zero-order valence-electron chi connectivity index (χ0n) is 9.25. The summed E-state index contributed by atoms with van der Waals surface area (Å²) in [7, 11) is -3.35. The third kappa shape index (κ3) is 2.94. The van der Waals surface area contributed by atoms with Gasteiger partial charge in [0.05, 0.1) is 0 Å². The van der Waals surface area contributed by atoms with E-state index >= 15 is 0 Å². The van der Waals surface area contributed by atoms with Crippen LogP contribution in [0.2, 0.25) is 0 Å². The average Bonchev–Trinajstić information content (AvgIpc) is 2.01. The molecule has 0 spiro atoms. The molecule has 0 fully saturated rings. The highest BCUT2D eigenvalue weighted by Gasteiger charge is 2.37. The minimum absolute atomic E-state index is 0.149. The molecule has 3 nitrogen and oxygen atoms in total. The van der Waals surface area contributed by atoms with Crippen LogP contribution in [0.5, 0.6) is 0 Å². The fourth-order valence-corrected chi connectivity index (χ4v) is 1.26. The Morgan fingerprint density at radius 3 is 2.07 bits per heavy atom. The summed E-state index contributed by atoms with van der Waals surface area (Å²) in [6, 6.07) is 0. The molecule has 0 aromatic heterocycles. The van der Waals surface area contributed by atoms with Crippen molar-refractivity contribution in [3.63, 3.8) is 0 Å². The Hall–Kier alpha value is -0.640. The number of hydrogen-bond donors (Lipinski definition) is 0. The lowest BCUT2D eigenvalue weighted by atomic mass is 10.00. The van der Waals surface area contributed by atoms with Crippen LogP contribution >= 0.6 is 0 Å². The SMILES string of the molecule is C=C(CC)CC(=O)C(C)(C)S(C)(=O)=O. The van der Waals surface area contributed by atoms with Gasteiger partial charge >= 0.3 is 0 Å². The molecule has 0 aliphatic carbocycles. The molecule has 0 unspecified atom stereocenters. The van der Waals surface area contributed by atoms with Crippen LogP contribution in [0.25, 0.3) is 0 Å². The summed E-state index contributed by atoms with van der Waals surface area (Å²) in [6.07, 6.45) is 1.93. The Morgan fingerprint density at radius 2 is 1.79 bits per heavy atom. The largest absolute Gasteiger partial charge is 0.298 e. The van der Waals surface area contributed by atoms with Crippen molar-refractivity contribution >= 4 is 15.6 Å². The predicted molar refractivity (Wildman–Crippen MR) is 58.0 cm³/mol. The van der Waals surface area contributed by atoms with Crippen molar-refractivity contribution in [2.24, 2.45) is 0 Å². The standard InChI is InChI=1S/C10H18O3S/c1-6-8(2)7-9(11)10(3,4)14(5,12)13/h2,6-7H2,1,3-5H3. The van der Waals surface area contributed by atoms with Crippen molar-refractivity contribution in [1.82, 2.24) is 0 Å². The summed E-state index contributed by atoms with van der Waals surface area (Å²) in [5.41, 5.74) is 0.770. The average molecular weight is 218 g/mol. The van der Waals surface area contributed by atoms with Gasteiger partial charge < -0.3 is 0 Å². The highest BCUT2D eigenvalue weighted by molar-refractivity contribution is 7.92. The summed E-state index contributed by atoms with van der Waals surface area (Å²) < 4.78 is 21.3. The van der Waals surface area contributed by atoms with Gasteiger partial charge in [0.25, 0.3) is 0 Å². The molecule has 82 valence electrons. The first-order chi connectivity index (χ1) is 6.13. The Labute approximate surface area is 86.1 Å². The second-order valence-electron chi connectivity index (χ2n) is 3.99. The summed E-state index contributed by atoms with van der Waals surface area (Å²) in [6.45, 7) is 8.46. The van der Waals surface area contributed by atoms with E-state index in [1.54, 1.807) is 0 Å². The summed E-state index contributed by atoms with van der Waals surface area (Å²) in [4.78, 5) is 11.6. The van der Waals surface area contributed by atoms with E-state index in [0.717, 1.165) is 11.8 Å². The number of Topliss-reactive ketones (excluding diaryl/α,β-unsaturated/α-hetero) is 1. The molecule has 0 saturated heterocycles. The van der Waals surface area contributed by atoms with Crippen LogP contribution in [0.15, 0.2) is 12.2 Å². The van der Waals surface area contributed by atoms with Crippen molar-refractivity contribution in [2.75, 3.05) is 6.26 Å². The van der Waals surface area contributed by atoms with E-state index in [0.29, 0.717) is 6.42 Å².